The first-order valence-electron chi connectivity index (χ1n) is 7.84. The Balaban J connectivity index is 1.69. The smallest absolute Gasteiger partial charge is 0.248 e. The number of carbonyl (C=O) groups excluding carboxylic acids is 2. The van der Waals surface area contributed by atoms with Crippen LogP contribution in [0.5, 0.6) is 0 Å². The second-order valence-electron chi connectivity index (χ2n) is 5.70. The van der Waals surface area contributed by atoms with Crippen LogP contribution in [0.1, 0.15) is 21.8 Å². The van der Waals surface area contributed by atoms with E-state index in [2.05, 4.69) is 10.3 Å². The molecule has 7 heteroatoms. The quantitative estimate of drug-likeness (QED) is 0.718. The number of halogens is 1. The lowest BCUT2D eigenvalue weighted by Crippen LogP contribution is -2.15. The van der Waals surface area contributed by atoms with Crippen LogP contribution in [0.3, 0.4) is 0 Å². The fourth-order valence-corrected chi connectivity index (χ4v) is 2.51. The predicted octanol–water partition coefficient (Wildman–Crippen LogP) is 3.58. The van der Waals surface area contributed by atoms with Crippen molar-refractivity contribution in [2.24, 2.45) is 5.73 Å². The molecule has 0 unspecified atom stereocenters. The van der Waals surface area contributed by atoms with Crippen molar-refractivity contribution in [3.8, 4) is 11.5 Å². The minimum Gasteiger partial charge on any atom is -0.441 e. The van der Waals surface area contributed by atoms with Gasteiger partial charge in [0.15, 0.2) is 0 Å². The van der Waals surface area contributed by atoms with Crippen molar-refractivity contribution in [1.29, 1.82) is 0 Å². The molecule has 3 N–H and O–H groups in total. The normalized spacial score (nSPS) is 10.5. The van der Waals surface area contributed by atoms with Crippen LogP contribution in [0.2, 0.25) is 5.02 Å². The van der Waals surface area contributed by atoms with E-state index in [1.54, 1.807) is 55.5 Å². The van der Waals surface area contributed by atoms with E-state index in [0.29, 0.717) is 33.6 Å². The third kappa shape index (κ3) is 4.10. The number of hydrogen-bond acceptors (Lipinski definition) is 4. The number of carbonyl (C=O) groups is 2. The summed E-state index contributed by atoms with van der Waals surface area (Å²) >= 11 is 5.88. The van der Waals surface area contributed by atoms with Crippen molar-refractivity contribution in [3.63, 3.8) is 0 Å². The number of benzene rings is 2. The molecule has 0 aliphatic rings. The molecule has 2 amide bonds. The van der Waals surface area contributed by atoms with E-state index in [9.17, 15) is 9.59 Å². The van der Waals surface area contributed by atoms with Gasteiger partial charge in [0, 0.05) is 21.8 Å². The van der Waals surface area contributed by atoms with Crippen LogP contribution in [0.4, 0.5) is 5.69 Å². The zero-order valence-corrected chi connectivity index (χ0v) is 14.7. The van der Waals surface area contributed by atoms with Crippen LogP contribution in [0.15, 0.2) is 52.9 Å². The lowest BCUT2D eigenvalue weighted by molar-refractivity contribution is -0.115. The average Bonchev–Trinajstić information content (AvgIpc) is 2.96. The molecule has 0 saturated heterocycles. The van der Waals surface area contributed by atoms with Gasteiger partial charge >= 0.3 is 0 Å². The number of hydrogen-bond donors (Lipinski definition) is 2. The third-order valence-corrected chi connectivity index (χ3v) is 4.02. The highest BCUT2D eigenvalue weighted by Crippen LogP contribution is 2.23. The largest absolute Gasteiger partial charge is 0.441 e. The Morgan fingerprint density at radius 2 is 1.77 bits per heavy atom. The van der Waals surface area contributed by atoms with Gasteiger partial charge in [-0.25, -0.2) is 4.98 Å². The third-order valence-electron chi connectivity index (χ3n) is 3.77. The molecule has 0 saturated carbocycles. The highest BCUT2D eigenvalue weighted by molar-refractivity contribution is 6.30. The first kappa shape index (κ1) is 17.7. The van der Waals surface area contributed by atoms with Crippen molar-refractivity contribution in [3.05, 3.63) is 70.6 Å². The number of primary amides is 1. The van der Waals surface area contributed by atoms with Crippen LogP contribution in [-0.2, 0) is 11.2 Å². The van der Waals surface area contributed by atoms with Gasteiger partial charge in [-0.15, -0.1) is 0 Å². The standard InChI is InChI=1S/C19H16ClN3O3/c1-11-16(23-19(26-11)13-2-6-14(20)7-3-13)10-17(24)22-15-8-4-12(5-9-15)18(21)25/h2-9H,10H2,1H3,(H2,21,25)(H,22,24). The molecule has 0 spiro atoms. The van der Waals surface area contributed by atoms with Gasteiger partial charge in [-0.2, -0.15) is 0 Å². The van der Waals surface area contributed by atoms with Crippen LogP contribution in [-0.4, -0.2) is 16.8 Å². The zero-order chi connectivity index (χ0) is 18.7. The molecular formula is C19H16ClN3O3. The minimum absolute atomic E-state index is 0.0699. The van der Waals surface area contributed by atoms with E-state index < -0.39 is 5.91 Å². The van der Waals surface area contributed by atoms with E-state index in [0.717, 1.165) is 5.56 Å². The lowest BCUT2D eigenvalue weighted by atomic mass is 10.2. The summed E-state index contributed by atoms with van der Waals surface area (Å²) in [5.74, 6) is 0.258. The summed E-state index contributed by atoms with van der Waals surface area (Å²) in [4.78, 5) is 27.7. The maximum absolute atomic E-state index is 12.2. The monoisotopic (exact) mass is 369 g/mol. The Morgan fingerprint density at radius 1 is 1.12 bits per heavy atom. The van der Waals surface area contributed by atoms with E-state index in [1.165, 1.54) is 0 Å². The van der Waals surface area contributed by atoms with Crippen molar-refractivity contribution in [2.75, 3.05) is 5.32 Å². The molecule has 0 aliphatic carbocycles. The average molecular weight is 370 g/mol. The van der Waals surface area contributed by atoms with Gasteiger partial charge in [-0.05, 0) is 55.5 Å². The molecule has 0 atom stereocenters. The van der Waals surface area contributed by atoms with Crippen LogP contribution < -0.4 is 11.1 Å². The second-order valence-corrected chi connectivity index (χ2v) is 6.13. The Morgan fingerprint density at radius 3 is 2.38 bits per heavy atom. The SMILES string of the molecule is Cc1oc(-c2ccc(Cl)cc2)nc1CC(=O)Nc1ccc(C(N)=O)cc1. The van der Waals surface area contributed by atoms with Gasteiger partial charge in [-0.3, -0.25) is 9.59 Å². The van der Waals surface area contributed by atoms with E-state index in [4.69, 9.17) is 21.8 Å². The van der Waals surface area contributed by atoms with Crippen LogP contribution >= 0.6 is 11.6 Å². The Bertz CT molecular complexity index is 947. The number of aryl methyl sites for hydroxylation is 1. The Hall–Kier alpha value is -3.12. The summed E-state index contributed by atoms with van der Waals surface area (Å²) in [6.07, 6.45) is 0.0699. The topological polar surface area (TPSA) is 98.2 Å². The molecule has 0 radical (unpaired) electrons. The number of amides is 2. The summed E-state index contributed by atoms with van der Waals surface area (Å²) < 4.78 is 5.65. The van der Waals surface area contributed by atoms with Crippen molar-refractivity contribution >= 4 is 29.1 Å². The highest BCUT2D eigenvalue weighted by atomic mass is 35.5. The molecule has 1 aromatic heterocycles. The number of anilines is 1. The summed E-state index contributed by atoms with van der Waals surface area (Å²) in [6.45, 7) is 1.76. The number of nitrogens with one attached hydrogen (secondary N) is 1. The number of nitrogens with two attached hydrogens (primary N) is 1. The minimum atomic E-state index is -0.518. The molecule has 26 heavy (non-hydrogen) atoms. The summed E-state index contributed by atoms with van der Waals surface area (Å²) in [5.41, 5.74) is 7.48. The molecule has 3 aromatic rings. The molecule has 0 bridgehead atoms. The number of aromatic nitrogens is 1. The lowest BCUT2D eigenvalue weighted by Gasteiger charge is -2.04. The molecule has 3 rings (SSSR count). The fraction of sp³-hybridized carbons (Fsp3) is 0.105. The van der Waals surface area contributed by atoms with Crippen molar-refractivity contribution in [2.45, 2.75) is 13.3 Å². The first-order valence-corrected chi connectivity index (χ1v) is 8.22. The van der Waals surface area contributed by atoms with Crippen LogP contribution in [0, 0.1) is 6.92 Å². The van der Waals surface area contributed by atoms with Crippen molar-refractivity contribution < 1.29 is 14.0 Å². The number of oxazole rings is 1. The zero-order valence-electron chi connectivity index (χ0n) is 14.0. The van der Waals surface area contributed by atoms with Gasteiger partial charge in [0.1, 0.15) is 5.76 Å². The molecule has 132 valence electrons. The summed E-state index contributed by atoms with van der Waals surface area (Å²) in [5, 5.41) is 3.37. The summed E-state index contributed by atoms with van der Waals surface area (Å²) in [6, 6.07) is 13.4. The maximum Gasteiger partial charge on any atom is 0.248 e. The predicted molar refractivity (Wildman–Crippen MR) is 99.0 cm³/mol. The Labute approximate surface area is 155 Å². The molecule has 6 nitrogen and oxygen atoms in total. The van der Waals surface area contributed by atoms with E-state index >= 15 is 0 Å². The van der Waals surface area contributed by atoms with Gasteiger partial charge in [0.05, 0.1) is 12.1 Å². The van der Waals surface area contributed by atoms with Crippen molar-refractivity contribution in [1.82, 2.24) is 4.98 Å². The highest BCUT2D eigenvalue weighted by Gasteiger charge is 2.15. The molecule has 0 aliphatic heterocycles. The van der Waals surface area contributed by atoms with E-state index in [-0.39, 0.29) is 12.3 Å². The van der Waals surface area contributed by atoms with Gasteiger partial charge in [0.2, 0.25) is 17.7 Å². The number of nitrogens with zero attached hydrogens (tertiary/aromatic N) is 1. The molecule has 1 heterocycles. The molecular weight excluding hydrogens is 354 g/mol. The molecule has 0 fully saturated rings. The maximum atomic E-state index is 12.2. The molecule has 2 aromatic carbocycles. The summed E-state index contributed by atoms with van der Waals surface area (Å²) in [7, 11) is 0. The van der Waals surface area contributed by atoms with Gasteiger partial charge < -0.3 is 15.5 Å². The van der Waals surface area contributed by atoms with Gasteiger partial charge in [0.25, 0.3) is 0 Å². The fourth-order valence-electron chi connectivity index (χ4n) is 2.38. The second kappa shape index (κ2) is 7.41. The van der Waals surface area contributed by atoms with E-state index in [1.807, 2.05) is 0 Å². The Kier molecular flexibility index (Phi) is 5.04. The number of rotatable bonds is 5. The van der Waals surface area contributed by atoms with Crippen LogP contribution in [0.25, 0.3) is 11.5 Å². The van der Waals surface area contributed by atoms with Gasteiger partial charge in [-0.1, -0.05) is 11.6 Å². The first-order chi connectivity index (χ1) is 12.4.